The maximum Gasteiger partial charge on any atom is 0.235 e. The summed E-state index contributed by atoms with van der Waals surface area (Å²) in [6, 6.07) is 24.4. The van der Waals surface area contributed by atoms with Gasteiger partial charge in [-0.25, -0.2) is 0 Å². The number of aromatic amines is 2. The van der Waals surface area contributed by atoms with E-state index in [0.29, 0.717) is 30.7 Å². The van der Waals surface area contributed by atoms with Crippen LogP contribution < -0.4 is 10.2 Å². The van der Waals surface area contributed by atoms with E-state index in [-0.39, 0.29) is 6.79 Å². The highest BCUT2D eigenvalue weighted by Gasteiger charge is 2.22. The van der Waals surface area contributed by atoms with E-state index in [0.717, 1.165) is 33.3 Å². The minimum Gasteiger partial charge on any atom is -0.459 e. The van der Waals surface area contributed by atoms with Crippen LogP contribution in [0.1, 0.15) is 11.1 Å². The van der Waals surface area contributed by atoms with Gasteiger partial charge in [-0.3, -0.25) is 10.00 Å². The predicted octanol–water partition coefficient (Wildman–Crippen LogP) is 4.77. The second-order valence-electron chi connectivity index (χ2n) is 8.14. The van der Waals surface area contributed by atoms with Crippen molar-refractivity contribution in [3.8, 4) is 11.4 Å². The molecule has 0 aliphatic carbocycles. The summed E-state index contributed by atoms with van der Waals surface area (Å²) in [7, 11) is 0. The van der Waals surface area contributed by atoms with Crippen LogP contribution in [0.4, 0.5) is 11.6 Å². The summed E-state index contributed by atoms with van der Waals surface area (Å²) >= 11 is 0. The molecule has 6 rings (SSSR count). The maximum atomic E-state index is 5.65. The molecule has 0 amide bonds. The molecule has 0 saturated carbocycles. The van der Waals surface area contributed by atoms with E-state index in [2.05, 4.69) is 55.0 Å². The van der Waals surface area contributed by atoms with Crippen LogP contribution in [0.5, 0.6) is 0 Å². The molecule has 1 aliphatic rings. The van der Waals surface area contributed by atoms with Crippen molar-refractivity contribution in [2.45, 2.75) is 13.1 Å². The molecule has 3 heterocycles. The Morgan fingerprint density at radius 1 is 0.943 bits per heavy atom. The Morgan fingerprint density at radius 3 is 2.71 bits per heavy atom. The number of nitrogens with one attached hydrogen (secondary N) is 3. The first kappa shape index (κ1) is 20.8. The smallest absolute Gasteiger partial charge is 0.235 e. The van der Waals surface area contributed by atoms with Crippen molar-refractivity contribution in [1.82, 2.24) is 25.4 Å². The first-order valence-corrected chi connectivity index (χ1v) is 11.3. The quantitative estimate of drug-likeness (QED) is 0.303. The average molecular weight is 466 g/mol. The molecular formula is C26H23N7O2. The number of para-hydroxylation sites is 1. The van der Waals surface area contributed by atoms with Crippen LogP contribution >= 0.6 is 0 Å². The topological polar surface area (TPSA) is 104 Å². The zero-order valence-electron chi connectivity index (χ0n) is 18.8. The number of aromatic nitrogens is 5. The van der Waals surface area contributed by atoms with Gasteiger partial charge in [0.25, 0.3) is 0 Å². The lowest BCUT2D eigenvalue weighted by Gasteiger charge is -2.20. The Labute approximate surface area is 201 Å². The maximum absolute atomic E-state index is 5.65. The molecule has 0 saturated heterocycles. The average Bonchev–Trinajstić information content (AvgIpc) is 3.69. The molecule has 0 fully saturated rings. The molecule has 3 aromatic carbocycles. The van der Waals surface area contributed by atoms with Crippen LogP contribution in [0.3, 0.4) is 0 Å². The molecule has 0 bridgehead atoms. The Balaban J connectivity index is 1.25. The number of fused-ring (bicyclic) bond motifs is 1. The lowest BCUT2D eigenvalue weighted by atomic mass is 10.1. The highest BCUT2D eigenvalue weighted by Crippen LogP contribution is 2.29. The molecule has 35 heavy (non-hydrogen) atoms. The van der Waals surface area contributed by atoms with E-state index in [1.165, 1.54) is 0 Å². The molecule has 5 aromatic rings. The highest BCUT2D eigenvalue weighted by atomic mass is 16.7. The van der Waals surface area contributed by atoms with Crippen molar-refractivity contribution in [2.75, 3.05) is 17.0 Å². The van der Waals surface area contributed by atoms with E-state index in [1.807, 2.05) is 59.6 Å². The molecule has 1 aliphatic heterocycles. The molecule has 0 atom stereocenters. The van der Waals surface area contributed by atoms with Gasteiger partial charge in [0, 0.05) is 23.2 Å². The van der Waals surface area contributed by atoms with Crippen LogP contribution in [0.25, 0.3) is 22.3 Å². The van der Waals surface area contributed by atoms with Crippen LogP contribution in [-0.2, 0) is 22.6 Å². The second kappa shape index (κ2) is 9.22. The van der Waals surface area contributed by atoms with Crippen molar-refractivity contribution in [2.24, 2.45) is 0 Å². The molecule has 174 valence electrons. The SMILES string of the molecule is C1=C(N(Cc2ccccc2)c2nnc(-c3ccccc3NCc3ccc4[nH]ncc4c3)[nH]2)OCO1. The fourth-order valence-electron chi connectivity index (χ4n) is 4.04. The number of H-pyrrole nitrogens is 2. The fraction of sp³-hybridized carbons (Fsp3) is 0.115. The number of anilines is 2. The van der Waals surface area contributed by atoms with Gasteiger partial charge in [-0.1, -0.05) is 48.5 Å². The zero-order chi connectivity index (χ0) is 23.5. The lowest BCUT2D eigenvalue weighted by Crippen LogP contribution is -2.23. The third-order valence-electron chi connectivity index (χ3n) is 5.81. The van der Waals surface area contributed by atoms with E-state index in [9.17, 15) is 0 Å². The molecule has 0 spiro atoms. The summed E-state index contributed by atoms with van der Waals surface area (Å²) in [6.07, 6.45) is 3.43. The Bertz CT molecular complexity index is 1480. The normalized spacial score (nSPS) is 12.7. The van der Waals surface area contributed by atoms with Crippen LogP contribution in [-0.4, -0.2) is 32.2 Å². The van der Waals surface area contributed by atoms with E-state index in [4.69, 9.17) is 9.47 Å². The summed E-state index contributed by atoms with van der Waals surface area (Å²) in [4.78, 5) is 5.27. The third kappa shape index (κ3) is 4.39. The van der Waals surface area contributed by atoms with E-state index < -0.39 is 0 Å². The molecule has 9 heteroatoms. The van der Waals surface area contributed by atoms with Crippen molar-refractivity contribution < 1.29 is 9.47 Å². The largest absolute Gasteiger partial charge is 0.459 e. The standard InChI is InChI=1S/C26H23N7O2/c1-2-6-18(7-3-1)15-33(24-16-34-17-35-24)26-29-25(31-32-26)21-8-4-5-9-23(21)27-13-19-10-11-22-20(12-19)14-28-30-22/h1-12,14,16,27H,13,15,17H2,(H,28,30)(H,29,31,32). The lowest BCUT2D eigenvalue weighted by molar-refractivity contribution is 0.0780. The van der Waals surface area contributed by atoms with Gasteiger partial charge in [0.1, 0.15) is 6.26 Å². The summed E-state index contributed by atoms with van der Waals surface area (Å²) < 4.78 is 11.0. The van der Waals surface area contributed by atoms with Gasteiger partial charge in [0.2, 0.25) is 18.6 Å². The van der Waals surface area contributed by atoms with Gasteiger partial charge in [0.15, 0.2) is 5.82 Å². The monoisotopic (exact) mass is 465 g/mol. The van der Waals surface area contributed by atoms with Gasteiger partial charge in [0.05, 0.1) is 18.3 Å². The first-order valence-electron chi connectivity index (χ1n) is 11.3. The summed E-state index contributed by atoms with van der Waals surface area (Å²) in [5.41, 5.74) is 5.17. The molecule has 3 N–H and O–H groups in total. The van der Waals surface area contributed by atoms with Gasteiger partial charge >= 0.3 is 0 Å². The van der Waals surface area contributed by atoms with Crippen LogP contribution in [0.15, 0.2) is 91.1 Å². The number of hydrogen-bond donors (Lipinski definition) is 3. The van der Waals surface area contributed by atoms with Crippen molar-refractivity contribution in [1.29, 1.82) is 0 Å². The highest BCUT2D eigenvalue weighted by molar-refractivity contribution is 5.79. The number of hydrogen-bond acceptors (Lipinski definition) is 7. The molecule has 9 nitrogen and oxygen atoms in total. The molecule has 0 radical (unpaired) electrons. The van der Waals surface area contributed by atoms with Gasteiger partial charge in [-0.05, 0) is 35.4 Å². The van der Waals surface area contributed by atoms with E-state index in [1.54, 1.807) is 6.26 Å². The van der Waals surface area contributed by atoms with Gasteiger partial charge in [-0.2, -0.15) is 5.10 Å². The Morgan fingerprint density at radius 2 is 1.83 bits per heavy atom. The molecular weight excluding hydrogens is 442 g/mol. The minimum absolute atomic E-state index is 0.180. The van der Waals surface area contributed by atoms with Crippen molar-refractivity contribution >= 4 is 22.5 Å². The minimum atomic E-state index is 0.180. The number of rotatable bonds is 8. The van der Waals surface area contributed by atoms with Crippen LogP contribution in [0.2, 0.25) is 0 Å². The van der Waals surface area contributed by atoms with Crippen molar-refractivity contribution in [3.05, 3.63) is 102 Å². The summed E-state index contributed by atoms with van der Waals surface area (Å²) in [6.45, 7) is 1.40. The zero-order valence-corrected chi connectivity index (χ0v) is 18.8. The Kier molecular flexibility index (Phi) is 5.48. The summed E-state index contributed by atoms with van der Waals surface area (Å²) in [5, 5.41) is 20.6. The molecule has 2 aromatic heterocycles. The predicted molar refractivity (Wildman–Crippen MR) is 133 cm³/mol. The van der Waals surface area contributed by atoms with E-state index >= 15 is 0 Å². The number of ether oxygens (including phenoxy) is 2. The van der Waals surface area contributed by atoms with Gasteiger partial charge in [-0.15, -0.1) is 10.2 Å². The first-order chi connectivity index (χ1) is 17.3. The van der Waals surface area contributed by atoms with Crippen LogP contribution in [0, 0.1) is 0 Å². The Hall–Kier alpha value is -4.79. The fourth-order valence-corrected chi connectivity index (χ4v) is 4.04. The third-order valence-corrected chi connectivity index (χ3v) is 5.81. The summed E-state index contributed by atoms with van der Waals surface area (Å²) in [5.74, 6) is 1.81. The number of benzene rings is 3. The second-order valence-corrected chi connectivity index (χ2v) is 8.14. The molecule has 0 unspecified atom stereocenters. The number of nitrogens with zero attached hydrogens (tertiary/aromatic N) is 4. The van der Waals surface area contributed by atoms with Crippen molar-refractivity contribution in [3.63, 3.8) is 0 Å². The van der Waals surface area contributed by atoms with Gasteiger partial charge < -0.3 is 19.8 Å².